The monoisotopic (exact) mass is 314 g/mol. The van der Waals surface area contributed by atoms with E-state index in [-0.39, 0.29) is 18.0 Å². The fourth-order valence-corrected chi connectivity index (χ4v) is 2.49. The van der Waals surface area contributed by atoms with Crippen LogP contribution >= 0.6 is 0 Å². The molecule has 2 N–H and O–H groups in total. The molecule has 122 valence electrons. The van der Waals surface area contributed by atoms with E-state index in [1.165, 1.54) is 0 Å². The van der Waals surface area contributed by atoms with Crippen LogP contribution in [0.2, 0.25) is 0 Å². The van der Waals surface area contributed by atoms with Gasteiger partial charge in [0.1, 0.15) is 0 Å². The zero-order chi connectivity index (χ0) is 16.8. The predicted molar refractivity (Wildman–Crippen MR) is 89.2 cm³/mol. The van der Waals surface area contributed by atoms with Crippen molar-refractivity contribution < 1.29 is 9.53 Å². The lowest BCUT2D eigenvalue weighted by Crippen LogP contribution is -2.33. The van der Waals surface area contributed by atoms with Crippen LogP contribution in [-0.2, 0) is 16.1 Å². The lowest BCUT2D eigenvalue weighted by Gasteiger charge is -2.17. The highest BCUT2D eigenvalue weighted by Gasteiger charge is 2.21. The van der Waals surface area contributed by atoms with Crippen molar-refractivity contribution in [2.75, 3.05) is 6.61 Å². The van der Waals surface area contributed by atoms with Crippen molar-refractivity contribution in [1.29, 1.82) is 0 Å². The number of hydrogen-bond acceptors (Lipinski definition) is 3. The summed E-state index contributed by atoms with van der Waals surface area (Å²) in [6.45, 7) is 6.14. The van der Waals surface area contributed by atoms with Crippen molar-refractivity contribution >= 4 is 5.91 Å². The molecule has 2 rings (SSSR count). The lowest BCUT2D eigenvalue weighted by atomic mass is 10.1. The van der Waals surface area contributed by atoms with Gasteiger partial charge in [0, 0.05) is 24.4 Å². The number of aryl methyl sites for hydroxylation is 2. The van der Waals surface area contributed by atoms with E-state index < -0.39 is 6.10 Å². The first-order valence-corrected chi connectivity index (χ1v) is 7.66. The molecule has 1 aromatic heterocycles. The SMILES string of the molecule is CCOC(C(=O)NCc1c(C)cc(C)[nH]c1=O)c1ccccc1. The molecule has 1 amide bonds. The highest BCUT2D eigenvalue weighted by Crippen LogP contribution is 2.17. The van der Waals surface area contributed by atoms with Gasteiger partial charge in [0.15, 0.2) is 6.10 Å². The molecule has 0 aliphatic carbocycles. The van der Waals surface area contributed by atoms with E-state index in [2.05, 4.69) is 10.3 Å². The van der Waals surface area contributed by atoms with Gasteiger partial charge in [-0.3, -0.25) is 9.59 Å². The number of aromatic nitrogens is 1. The predicted octanol–water partition coefficient (Wildman–Crippen LogP) is 2.39. The summed E-state index contributed by atoms with van der Waals surface area (Å²) in [5.74, 6) is -0.252. The number of nitrogens with one attached hydrogen (secondary N) is 2. The Bertz CT molecular complexity index is 723. The van der Waals surface area contributed by atoms with Gasteiger partial charge in [0.05, 0.1) is 0 Å². The van der Waals surface area contributed by atoms with Crippen LogP contribution in [0, 0.1) is 13.8 Å². The molecule has 0 saturated heterocycles. The van der Waals surface area contributed by atoms with Gasteiger partial charge in [-0.1, -0.05) is 30.3 Å². The van der Waals surface area contributed by atoms with E-state index in [0.717, 1.165) is 16.8 Å². The Labute approximate surface area is 135 Å². The summed E-state index contributed by atoms with van der Waals surface area (Å²) in [4.78, 5) is 27.2. The molecular weight excluding hydrogens is 292 g/mol. The van der Waals surface area contributed by atoms with Crippen LogP contribution in [0.1, 0.15) is 35.4 Å². The summed E-state index contributed by atoms with van der Waals surface area (Å²) < 4.78 is 5.56. The van der Waals surface area contributed by atoms with Gasteiger partial charge in [0.2, 0.25) is 0 Å². The summed E-state index contributed by atoms with van der Waals surface area (Å²) in [7, 11) is 0. The average molecular weight is 314 g/mol. The number of amides is 1. The van der Waals surface area contributed by atoms with Crippen LogP contribution in [-0.4, -0.2) is 17.5 Å². The van der Waals surface area contributed by atoms with Gasteiger partial charge in [0.25, 0.3) is 11.5 Å². The molecule has 0 bridgehead atoms. The number of carbonyl (C=O) groups excluding carboxylic acids is 1. The molecule has 5 heteroatoms. The van der Waals surface area contributed by atoms with Gasteiger partial charge < -0.3 is 15.0 Å². The van der Waals surface area contributed by atoms with Crippen LogP contribution < -0.4 is 10.9 Å². The first-order chi connectivity index (χ1) is 11.0. The molecular formula is C18H22N2O3. The minimum absolute atomic E-state index is 0.171. The van der Waals surface area contributed by atoms with E-state index in [1.807, 2.05) is 57.2 Å². The van der Waals surface area contributed by atoms with Crippen molar-refractivity contribution in [3.05, 3.63) is 69.1 Å². The summed E-state index contributed by atoms with van der Waals surface area (Å²) in [5, 5.41) is 2.80. The highest BCUT2D eigenvalue weighted by molar-refractivity contribution is 5.82. The molecule has 1 heterocycles. The molecule has 0 saturated carbocycles. The third kappa shape index (κ3) is 4.29. The van der Waals surface area contributed by atoms with Gasteiger partial charge in [-0.15, -0.1) is 0 Å². The Hall–Kier alpha value is -2.40. The summed E-state index contributed by atoms with van der Waals surface area (Å²) in [6, 6.07) is 11.2. The largest absolute Gasteiger partial charge is 0.364 e. The Balaban J connectivity index is 2.13. The number of carbonyl (C=O) groups is 1. The van der Waals surface area contributed by atoms with Crippen molar-refractivity contribution in [2.45, 2.75) is 33.4 Å². The van der Waals surface area contributed by atoms with E-state index in [0.29, 0.717) is 12.2 Å². The molecule has 1 unspecified atom stereocenters. The summed E-state index contributed by atoms with van der Waals surface area (Å²) in [6.07, 6.45) is -0.675. The Morgan fingerprint density at radius 3 is 2.57 bits per heavy atom. The molecule has 2 aromatic rings. The first kappa shape index (κ1) is 17.0. The fraction of sp³-hybridized carbons (Fsp3) is 0.333. The molecule has 0 fully saturated rings. The number of pyridine rings is 1. The number of ether oxygens (including phenoxy) is 1. The zero-order valence-electron chi connectivity index (χ0n) is 13.7. The Morgan fingerprint density at radius 1 is 1.26 bits per heavy atom. The Kier molecular flexibility index (Phi) is 5.71. The second kappa shape index (κ2) is 7.74. The highest BCUT2D eigenvalue weighted by atomic mass is 16.5. The second-order valence-corrected chi connectivity index (χ2v) is 5.41. The first-order valence-electron chi connectivity index (χ1n) is 7.66. The van der Waals surface area contributed by atoms with Crippen LogP contribution in [0.25, 0.3) is 0 Å². The van der Waals surface area contributed by atoms with Crippen molar-refractivity contribution in [3.63, 3.8) is 0 Å². The van der Waals surface area contributed by atoms with Crippen LogP contribution in [0.15, 0.2) is 41.2 Å². The van der Waals surface area contributed by atoms with Gasteiger partial charge >= 0.3 is 0 Å². The topological polar surface area (TPSA) is 71.2 Å². The molecule has 1 aromatic carbocycles. The van der Waals surface area contributed by atoms with Gasteiger partial charge in [-0.2, -0.15) is 0 Å². The third-order valence-corrected chi connectivity index (χ3v) is 3.61. The number of hydrogen-bond donors (Lipinski definition) is 2. The van der Waals surface area contributed by atoms with Gasteiger partial charge in [-0.25, -0.2) is 0 Å². The minimum Gasteiger partial charge on any atom is -0.364 e. The van der Waals surface area contributed by atoms with Crippen molar-refractivity contribution in [3.8, 4) is 0 Å². The maximum absolute atomic E-state index is 12.4. The number of H-pyrrole nitrogens is 1. The number of aromatic amines is 1. The Morgan fingerprint density at radius 2 is 1.96 bits per heavy atom. The second-order valence-electron chi connectivity index (χ2n) is 5.41. The minimum atomic E-state index is -0.675. The van der Waals surface area contributed by atoms with E-state index in [9.17, 15) is 9.59 Å². The van der Waals surface area contributed by atoms with Crippen LogP contribution in [0.5, 0.6) is 0 Å². The lowest BCUT2D eigenvalue weighted by molar-refractivity contribution is -0.133. The number of benzene rings is 1. The molecule has 0 radical (unpaired) electrons. The van der Waals surface area contributed by atoms with Crippen LogP contribution in [0.4, 0.5) is 0 Å². The van der Waals surface area contributed by atoms with Crippen LogP contribution in [0.3, 0.4) is 0 Å². The molecule has 23 heavy (non-hydrogen) atoms. The molecule has 0 aliphatic heterocycles. The normalized spacial score (nSPS) is 12.0. The van der Waals surface area contributed by atoms with Gasteiger partial charge in [-0.05, 0) is 38.0 Å². The molecule has 1 atom stereocenters. The fourth-order valence-electron chi connectivity index (χ4n) is 2.49. The summed E-state index contributed by atoms with van der Waals surface area (Å²) in [5.41, 5.74) is 2.85. The van der Waals surface area contributed by atoms with Crippen molar-refractivity contribution in [1.82, 2.24) is 10.3 Å². The third-order valence-electron chi connectivity index (χ3n) is 3.61. The quantitative estimate of drug-likeness (QED) is 0.860. The van der Waals surface area contributed by atoms with Crippen molar-refractivity contribution in [2.24, 2.45) is 0 Å². The molecule has 0 spiro atoms. The number of rotatable bonds is 6. The van der Waals surface area contributed by atoms with E-state index in [1.54, 1.807) is 0 Å². The van der Waals surface area contributed by atoms with E-state index >= 15 is 0 Å². The van der Waals surface area contributed by atoms with E-state index in [4.69, 9.17) is 4.74 Å². The molecule has 0 aliphatic rings. The molecule has 5 nitrogen and oxygen atoms in total. The summed E-state index contributed by atoms with van der Waals surface area (Å²) >= 11 is 0. The maximum atomic E-state index is 12.4. The zero-order valence-corrected chi connectivity index (χ0v) is 13.7. The smallest absolute Gasteiger partial charge is 0.254 e. The average Bonchev–Trinajstić information content (AvgIpc) is 2.52. The maximum Gasteiger partial charge on any atom is 0.254 e. The standard InChI is InChI=1S/C18H22N2O3/c1-4-23-16(14-8-6-5-7-9-14)18(22)19-11-15-12(2)10-13(3)20-17(15)21/h5-10,16H,4,11H2,1-3H3,(H,19,22)(H,20,21).